The van der Waals surface area contributed by atoms with E-state index in [0.29, 0.717) is 33.7 Å². The predicted molar refractivity (Wildman–Crippen MR) is 100 cm³/mol. The first-order chi connectivity index (χ1) is 12.8. The first-order valence-electron chi connectivity index (χ1n) is 8.49. The number of likely N-dealkylation sites (N-methyl/N-ethyl adjacent to an activating group) is 1. The van der Waals surface area contributed by atoms with Crippen LogP contribution in [0.5, 0.6) is 0 Å². The van der Waals surface area contributed by atoms with Gasteiger partial charge in [-0.3, -0.25) is 9.78 Å². The molecule has 9 heteroatoms. The van der Waals surface area contributed by atoms with Crippen molar-refractivity contribution in [1.29, 1.82) is 0 Å². The monoisotopic (exact) mass is 412 g/mol. The summed E-state index contributed by atoms with van der Waals surface area (Å²) < 4.78 is 39.6. The molecule has 3 aromatic heterocycles. The quantitative estimate of drug-likeness (QED) is 0.703. The lowest BCUT2D eigenvalue weighted by Crippen LogP contribution is -3.12. The second-order valence-electron chi connectivity index (χ2n) is 6.60. The van der Waals surface area contributed by atoms with Gasteiger partial charge in [0.2, 0.25) is 0 Å². The highest BCUT2D eigenvalue weighted by atomic mass is 32.1. The van der Waals surface area contributed by atoms with E-state index in [0.717, 1.165) is 41.6 Å². The summed E-state index contributed by atoms with van der Waals surface area (Å²) in [5.41, 5.74) is 0.310. The third-order valence-corrected chi connectivity index (χ3v) is 6.72. The van der Waals surface area contributed by atoms with Gasteiger partial charge in [0.05, 0.1) is 49.0 Å². The molecule has 4 rings (SSSR count). The first kappa shape index (κ1) is 18.4. The van der Waals surface area contributed by atoms with E-state index >= 15 is 0 Å². The van der Waals surface area contributed by atoms with E-state index in [1.165, 1.54) is 16.2 Å². The normalized spacial score (nSPS) is 16.2. The molecule has 142 valence electrons. The van der Waals surface area contributed by atoms with Gasteiger partial charge in [0.1, 0.15) is 4.88 Å². The largest absolute Gasteiger partial charge is 0.417 e. The average Bonchev–Trinajstić information content (AvgIpc) is 3.27. The number of hydrogen-bond donors (Lipinski definition) is 1. The molecule has 1 amide bonds. The number of halogens is 3. The summed E-state index contributed by atoms with van der Waals surface area (Å²) in [4.78, 5) is 21.7. The van der Waals surface area contributed by atoms with E-state index in [-0.39, 0.29) is 5.91 Å². The molecule has 0 saturated carbocycles. The fourth-order valence-electron chi connectivity index (χ4n) is 3.17. The van der Waals surface area contributed by atoms with Crippen LogP contribution in [0.1, 0.15) is 15.2 Å². The van der Waals surface area contributed by atoms with Gasteiger partial charge >= 0.3 is 6.18 Å². The van der Waals surface area contributed by atoms with E-state index in [4.69, 9.17) is 0 Å². The number of alkyl halides is 3. The van der Waals surface area contributed by atoms with Gasteiger partial charge in [0, 0.05) is 16.6 Å². The zero-order chi connectivity index (χ0) is 19.2. The lowest BCUT2D eigenvalue weighted by atomic mass is 10.1. The summed E-state index contributed by atoms with van der Waals surface area (Å²) in [5.74, 6) is -0.123. The van der Waals surface area contributed by atoms with Crippen LogP contribution in [0, 0.1) is 0 Å². The van der Waals surface area contributed by atoms with Crippen LogP contribution in [0.4, 0.5) is 13.2 Å². The Bertz CT molecular complexity index is 974. The number of carbonyl (C=O) groups excluding carboxylic acids is 1. The third-order valence-electron chi connectivity index (χ3n) is 4.72. The molecule has 0 bridgehead atoms. The van der Waals surface area contributed by atoms with Crippen molar-refractivity contribution in [3.8, 4) is 10.4 Å². The van der Waals surface area contributed by atoms with Gasteiger partial charge < -0.3 is 9.80 Å². The Morgan fingerprint density at radius 3 is 2.67 bits per heavy atom. The number of aromatic nitrogens is 1. The smallest absolute Gasteiger partial charge is 0.334 e. The Kier molecular flexibility index (Phi) is 4.69. The standard InChI is InChI=1S/C18H16F3N3OS2/c1-23-4-6-24(7-5-23)17(25)16-14(12-3-2-8-26-12)15-13(27-16)9-11(10-22-15)18(19,20)21/h2-3,8-10H,4-7H2,1H3/p+1. The lowest BCUT2D eigenvalue weighted by Gasteiger charge is -2.30. The molecule has 1 saturated heterocycles. The number of pyridine rings is 1. The van der Waals surface area contributed by atoms with Crippen molar-refractivity contribution in [3.05, 3.63) is 40.2 Å². The molecular weight excluding hydrogens is 395 g/mol. The van der Waals surface area contributed by atoms with Gasteiger partial charge in [-0.25, -0.2) is 0 Å². The number of quaternary nitrogens is 1. The Hall–Kier alpha value is -1.97. The highest BCUT2D eigenvalue weighted by Crippen LogP contribution is 2.42. The van der Waals surface area contributed by atoms with E-state index in [1.54, 1.807) is 4.90 Å². The number of nitrogens with zero attached hydrogens (tertiary/aromatic N) is 2. The molecule has 4 nitrogen and oxygen atoms in total. The fourth-order valence-corrected chi connectivity index (χ4v) is 5.19. The van der Waals surface area contributed by atoms with E-state index < -0.39 is 11.7 Å². The van der Waals surface area contributed by atoms with Gasteiger partial charge in [-0.1, -0.05) is 6.07 Å². The summed E-state index contributed by atoms with van der Waals surface area (Å²) >= 11 is 2.55. The number of amides is 1. The van der Waals surface area contributed by atoms with Crippen LogP contribution >= 0.6 is 22.7 Å². The van der Waals surface area contributed by atoms with E-state index in [9.17, 15) is 18.0 Å². The maximum absolute atomic E-state index is 13.2. The van der Waals surface area contributed by atoms with Gasteiger partial charge in [0.25, 0.3) is 5.91 Å². The molecule has 3 aromatic rings. The summed E-state index contributed by atoms with van der Waals surface area (Å²) in [7, 11) is 2.08. The molecule has 1 aliphatic heterocycles. The minimum atomic E-state index is -4.46. The highest BCUT2D eigenvalue weighted by Gasteiger charge is 2.33. The van der Waals surface area contributed by atoms with Gasteiger partial charge in [-0.05, 0) is 17.5 Å². The minimum Gasteiger partial charge on any atom is -0.334 e. The van der Waals surface area contributed by atoms with Gasteiger partial charge in [-0.15, -0.1) is 22.7 Å². The Morgan fingerprint density at radius 2 is 2.04 bits per heavy atom. The molecule has 1 N–H and O–H groups in total. The van der Waals surface area contributed by atoms with Crippen LogP contribution < -0.4 is 4.90 Å². The van der Waals surface area contributed by atoms with Crippen LogP contribution in [-0.2, 0) is 6.18 Å². The Morgan fingerprint density at radius 1 is 1.30 bits per heavy atom. The molecule has 1 fully saturated rings. The van der Waals surface area contributed by atoms with E-state index in [1.807, 2.05) is 17.5 Å². The molecular formula is C18H17F3N3OS2+. The van der Waals surface area contributed by atoms with Crippen molar-refractivity contribution in [1.82, 2.24) is 9.88 Å². The second kappa shape index (κ2) is 6.88. The maximum atomic E-state index is 13.2. The predicted octanol–water partition coefficient (Wildman–Crippen LogP) is 3.01. The first-order valence-corrected chi connectivity index (χ1v) is 10.2. The minimum absolute atomic E-state index is 0.123. The van der Waals surface area contributed by atoms with Crippen molar-refractivity contribution in [2.45, 2.75) is 6.18 Å². The molecule has 1 aliphatic rings. The van der Waals surface area contributed by atoms with Crippen LogP contribution in [0.15, 0.2) is 29.8 Å². The van der Waals surface area contributed by atoms with Crippen LogP contribution in [0.2, 0.25) is 0 Å². The number of nitrogens with one attached hydrogen (secondary N) is 1. The number of piperazine rings is 1. The number of fused-ring (bicyclic) bond motifs is 1. The molecule has 0 aromatic carbocycles. The topological polar surface area (TPSA) is 37.6 Å². The van der Waals surface area contributed by atoms with Crippen molar-refractivity contribution in [3.63, 3.8) is 0 Å². The summed E-state index contributed by atoms with van der Waals surface area (Å²) in [6.07, 6.45) is -3.61. The summed E-state index contributed by atoms with van der Waals surface area (Å²) in [5, 5.41) is 1.89. The van der Waals surface area contributed by atoms with Crippen molar-refractivity contribution in [2.75, 3.05) is 33.2 Å². The molecule has 27 heavy (non-hydrogen) atoms. The SMILES string of the molecule is C[NH+]1CCN(C(=O)c2sc3cc(C(F)(F)F)cnc3c2-c2cccs2)CC1. The average molecular weight is 412 g/mol. The number of thiophene rings is 2. The zero-order valence-electron chi connectivity index (χ0n) is 14.5. The zero-order valence-corrected chi connectivity index (χ0v) is 16.1. The van der Waals surface area contributed by atoms with Gasteiger partial charge in [-0.2, -0.15) is 13.2 Å². The van der Waals surface area contributed by atoms with Crippen LogP contribution in [0.25, 0.3) is 20.7 Å². The molecule has 0 aliphatic carbocycles. The van der Waals surface area contributed by atoms with Crippen LogP contribution in [0.3, 0.4) is 0 Å². The number of carbonyl (C=O) groups is 1. The fraction of sp³-hybridized carbons (Fsp3) is 0.333. The highest BCUT2D eigenvalue weighted by molar-refractivity contribution is 7.22. The molecule has 0 atom stereocenters. The Balaban J connectivity index is 1.83. The summed E-state index contributed by atoms with van der Waals surface area (Å²) in [6, 6.07) is 4.83. The molecule has 0 spiro atoms. The van der Waals surface area contributed by atoms with Crippen molar-refractivity contribution >= 4 is 38.8 Å². The molecule has 0 unspecified atom stereocenters. The second-order valence-corrected chi connectivity index (χ2v) is 8.60. The molecule has 4 heterocycles. The molecule has 0 radical (unpaired) electrons. The van der Waals surface area contributed by atoms with E-state index in [2.05, 4.69) is 12.0 Å². The van der Waals surface area contributed by atoms with Crippen LogP contribution in [-0.4, -0.2) is 49.0 Å². The maximum Gasteiger partial charge on any atom is 0.417 e. The third kappa shape index (κ3) is 3.46. The number of hydrogen-bond acceptors (Lipinski definition) is 4. The number of rotatable bonds is 2. The summed E-state index contributed by atoms with van der Waals surface area (Å²) in [6.45, 7) is 3.01. The Labute approximate surface area is 161 Å². The van der Waals surface area contributed by atoms with Crippen molar-refractivity contribution in [2.24, 2.45) is 0 Å². The lowest BCUT2D eigenvalue weighted by molar-refractivity contribution is -0.883. The van der Waals surface area contributed by atoms with Crippen molar-refractivity contribution < 1.29 is 22.9 Å². The van der Waals surface area contributed by atoms with Gasteiger partial charge in [0.15, 0.2) is 0 Å².